The fourth-order valence-corrected chi connectivity index (χ4v) is 4.60. The maximum Gasteiger partial charge on any atom is 0.492 e. The van der Waals surface area contributed by atoms with Crippen molar-refractivity contribution < 1.29 is 31.2 Å². The second-order valence-corrected chi connectivity index (χ2v) is 8.49. The van der Waals surface area contributed by atoms with Gasteiger partial charge in [0.05, 0.1) is 10.9 Å². The van der Waals surface area contributed by atoms with E-state index in [0.717, 1.165) is 0 Å². The van der Waals surface area contributed by atoms with Gasteiger partial charge in [0, 0.05) is 5.02 Å². The summed E-state index contributed by atoms with van der Waals surface area (Å²) < 4.78 is 64.4. The van der Waals surface area contributed by atoms with Gasteiger partial charge in [0.15, 0.2) is 0 Å². The van der Waals surface area contributed by atoms with E-state index in [0.29, 0.717) is 28.9 Å². The Balaban J connectivity index is 2.01. The van der Waals surface area contributed by atoms with Crippen LogP contribution in [-0.2, 0) is 19.7 Å². The average Bonchev–Trinajstić information content (AvgIpc) is 2.65. The minimum absolute atomic E-state index is 0.195. The number of piperidine rings is 1. The third kappa shape index (κ3) is 4.40. The number of nitrogens with zero attached hydrogens (tertiary/aromatic N) is 1. The minimum atomic E-state index is -5.32. The standard InChI is InChI=1S/C17H16ClF3N2O4S/c18-13-3-1-12-10-15(4-2-11(12)9-13)28(25,26)23(14-5-7-22-8-6-14)27-16(24)17(19,20)21/h1-4,9-10,14,22H,5-8H2. The van der Waals surface area contributed by atoms with Crippen LogP contribution >= 0.6 is 11.6 Å². The fourth-order valence-electron chi connectivity index (χ4n) is 2.93. The van der Waals surface area contributed by atoms with Gasteiger partial charge in [-0.05, 0) is 65.4 Å². The van der Waals surface area contributed by atoms with Crippen LogP contribution in [0.15, 0.2) is 41.3 Å². The molecule has 0 aliphatic carbocycles. The first-order valence-corrected chi connectivity index (χ1v) is 10.1. The molecule has 1 heterocycles. The van der Waals surface area contributed by atoms with Gasteiger partial charge in [-0.1, -0.05) is 23.7 Å². The maximum absolute atomic E-state index is 13.0. The predicted octanol–water partition coefficient (Wildman–Crippen LogP) is 3.26. The molecule has 11 heteroatoms. The lowest BCUT2D eigenvalue weighted by Gasteiger charge is -2.32. The number of alkyl halides is 3. The summed E-state index contributed by atoms with van der Waals surface area (Å²) in [6.45, 7) is 0.771. The number of hydroxylamine groups is 1. The quantitative estimate of drug-likeness (QED) is 0.744. The van der Waals surface area contributed by atoms with Crippen LogP contribution in [0.2, 0.25) is 5.02 Å². The molecule has 1 aliphatic rings. The van der Waals surface area contributed by atoms with E-state index < -0.39 is 28.2 Å². The second kappa shape index (κ2) is 7.86. The maximum atomic E-state index is 13.0. The van der Waals surface area contributed by atoms with Gasteiger partial charge in [0.25, 0.3) is 10.0 Å². The summed E-state index contributed by atoms with van der Waals surface area (Å²) in [6, 6.07) is 7.90. The molecule has 1 saturated heterocycles. The number of nitrogens with one attached hydrogen (secondary N) is 1. The van der Waals surface area contributed by atoms with Gasteiger partial charge >= 0.3 is 12.1 Å². The molecule has 1 aliphatic heterocycles. The molecule has 3 rings (SSSR count). The van der Waals surface area contributed by atoms with E-state index >= 15 is 0 Å². The number of hydrogen-bond acceptors (Lipinski definition) is 5. The Morgan fingerprint density at radius 2 is 1.71 bits per heavy atom. The smallest absolute Gasteiger partial charge is 0.345 e. The van der Waals surface area contributed by atoms with Crippen LogP contribution in [-0.4, -0.2) is 44.2 Å². The van der Waals surface area contributed by atoms with Gasteiger partial charge in [-0.15, -0.1) is 0 Å². The molecule has 1 N–H and O–H groups in total. The van der Waals surface area contributed by atoms with Crippen LogP contribution in [0.4, 0.5) is 13.2 Å². The molecule has 0 atom stereocenters. The summed E-state index contributed by atoms with van der Waals surface area (Å²) in [7, 11) is -4.53. The van der Waals surface area contributed by atoms with Gasteiger partial charge in [0.1, 0.15) is 0 Å². The number of carbonyl (C=O) groups excluding carboxylic acids is 1. The Morgan fingerprint density at radius 1 is 1.11 bits per heavy atom. The normalized spacial score (nSPS) is 16.5. The highest BCUT2D eigenvalue weighted by Crippen LogP contribution is 2.29. The van der Waals surface area contributed by atoms with E-state index in [1.807, 2.05) is 0 Å². The molecular weight excluding hydrogens is 421 g/mol. The monoisotopic (exact) mass is 436 g/mol. The van der Waals surface area contributed by atoms with Crippen molar-refractivity contribution in [1.82, 2.24) is 9.79 Å². The molecule has 0 unspecified atom stereocenters. The van der Waals surface area contributed by atoms with Gasteiger partial charge in [-0.3, -0.25) is 0 Å². The van der Waals surface area contributed by atoms with Gasteiger partial charge in [-0.2, -0.15) is 13.2 Å². The Bertz CT molecular complexity index is 992. The average molecular weight is 437 g/mol. The molecule has 2 aromatic rings. The third-order valence-electron chi connectivity index (χ3n) is 4.32. The topological polar surface area (TPSA) is 75.7 Å². The Labute approximate surface area is 164 Å². The molecule has 0 saturated carbocycles. The van der Waals surface area contributed by atoms with Crippen molar-refractivity contribution >= 4 is 38.4 Å². The lowest BCUT2D eigenvalue weighted by molar-refractivity contribution is -0.227. The van der Waals surface area contributed by atoms with Crippen molar-refractivity contribution in [2.75, 3.05) is 13.1 Å². The zero-order valence-corrected chi connectivity index (χ0v) is 15.9. The van der Waals surface area contributed by atoms with Crippen molar-refractivity contribution in [3.05, 3.63) is 41.4 Å². The summed E-state index contributed by atoms with van der Waals surface area (Å²) >= 11 is 5.90. The third-order valence-corrected chi connectivity index (χ3v) is 6.25. The SMILES string of the molecule is O=C(ON(C1CCNCC1)S(=O)(=O)c1ccc2cc(Cl)ccc2c1)C(F)(F)F. The first-order valence-electron chi connectivity index (χ1n) is 8.32. The number of hydrogen-bond donors (Lipinski definition) is 1. The van der Waals surface area contributed by atoms with E-state index in [2.05, 4.69) is 10.2 Å². The predicted molar refractivity (Wildman–Crippen MR) is 96.0 cm³/mol. The molecule has 28 heavy (non-hydrogen) atoms. The summed E-state index contributed by atoms with van der Waals surface area (Å²) in [5, 5.41) is 4.62. The molecule has 0 aromatic heterocycles. The largest absolute Gasteiger partial charge is 0.492 e. The molecule has 0 amide bonds. The molecule has 152 valence electrons. The van der Waals surface area contributed by atoms with Crippen LogP contribution in [0, 0.1) is 0 Å². The first-order chi connectivity index (χ1) is 13.1. The molecule has 6 nitrogen and oxygen atoms in total. The highest BCUT2D eigenvalue weighted by Gasteiger charge is 2.46. The highest BCUT2D eigenvalue weighted by molar-refractivity contribution is 7.89. The number of fused-ring (bicyclic) bond motifs is 1. The van der Waals surface area contributed by atoms with Gasteiger partial charge in [-0.25, -0.2) is 13.2 Å². The van der Waals surface area contributed by atoms with Crippen LogP contribution < -0.4 is 5.32 Å². The van der Waals surface area contributed by atoms with E-state index in [9.17, 15) is 26.4 Å². The van der Waals surface area contributed by atoms with Gasteiger partial charge < -0.3 is 10.2 Å². The van der Waals surface area contributed by atoms with Crippen molar-refractivity contribution in [3.8, 4) is 0 Å². The van der Waals surface area contributed by atoms with E-state index in [1.54, 1.807) is 18.2 Å². The van der Waals surface area contributed by atoms with E-state index in [1.165, 1.54) is 18.2 Å². The number of benzene rings is 2. The van der Waals surface area contributed by atoms with Crippen LogP contribution in [0.25, 0.3) is 10.8 Å². The van der Waals surface area contributed by atoms with E-state index in [4.69, 9.17) is 11.6 Å². The summed E-state index contributed by atoms with van der Waals surface area (Å²) in [5.41, 5.74) is 0. The zero-order valence-electron chi connectivity index (χ0n) is 14.4. The summed E-state index contributed by atoms with van der Waals surface area (Å²) in [5.74, 6) is -2.58. The molecular formula is C17H16ClF3N2O4S. The summed E-state index contributed by atoms with van der Waals surface area (Å²) in [6.07, 6.45) is -4.91. The number of rotatable bonds is 4. The number of sulfonamides is 1. The highest BCUT2D eigenvalue weighted by atomic mass is 35.5. The Kier molecular flexibility index (Phi) is 5.85. The fraction of sp³-hybridized carbons (Fsp3) is 0.353. The van der Waals surface area contributed by atoms with Gasteiger partial charge in [0.2, 0.25) is 0 Å². The second-order valence-electron chi connectivity index (χ2n) is 6.27. The minimum Gasteiger partial charge on any atom is -0.345 e. The molecule has 0 spiro atoms. The van der Waals surface area contributed by atoms with Crippen LogP contribution in [0.3, 0.4) is 0 Å². The van der Waals surface area contributed by atoms with Crippen LogP contribution in [0.1, 0.15) is 12.8 Å². The van der Waals surface area contributed by atoms with Crippen molar-refractivity contribution in [3.63, 3.8) is 0 Å². The first kappa shape index (κ1) is 20.8. The zero-order chi connectivity index (χ0) is 20.5. The number of halogens is 4. The Morgan fingerprint density at radius 3 is 2.36 bits per heavy atom. The lowest BCUT2D eigenvalue weighted by atomic mass is 10.1. The Hall–Kier alpha value is -1.88. The van der Waals surface area contributed by atoms with Crippen molar-refractivity contribution in [2.45, 2.75) is 30.0 Å². The lowest BCUT2D eigenvalue weighted by Crippen LogP contribution is -2.48. The number of carbonyl (C=O) groups is 1. The molecule has 0 bridgehead atoms. The summed E-state index contributed by atoms with van der Waals surface area (Å²) in [4.78, 5) is 15.4. The van der Waals surface area contributed by atoms with Crippen molar-refractivity contribution in [1.29, 1.82) is 0 Å². The van der Waals surface area contributed by atoms with Crippen molar-refractivity contribution in [2.24, 2.45) is 0 Å². The molecule has 2 aromatic carbocycles. The van der Waals surface area contributed by atoms with E-state index in [-0.39, 0.29) is 22.2 Å². The van der Waals surface area contributed by atoms with Crippen LogP contribution in [0.5, 0.6) is 0 Å². The molecule has 0 radical (unpaired) electrons. The molecule has 1 fully saturated rings.